The second-order valence-electron chi connectivity index (χ2n) is 4.70. The van der Waals surface area contributed by atoms with Crippen molar-refractivity contribution >= 4 is 18.6 Å². The average Bonchev–Trinajstić information content (AvgIpc) is 3.01. The van der Waals surface area contributed by atoms with Crippen LogP contribution in [-0.2, 0) is 4.79 Å². The molecule has 0 saturated carbocycles. The molecule has 1 heterocycles. The molecule has 0 amide bonds. The number of rotatable bonds is 4. The molecule has 4 nitrogen and oxygen atoms in total. The molecule has 1 N–H and O–H groups in total. The van der Waals surface area contributed by atoms with Crippen LogP contribution in [0.3, 0.4) is 0 Å². The third-order valence-corrected chi connectivity index (χ3v) is 3.64. The number of aliphatic carboxylic acids is 1. The van der Waals surface area contributed by atoms with Gasteiger partial charge in [-0.1, -0.05) is 60.7 Å². The maximum Gasteiger partial charge on any atom is 1.00 e. The zero-order chi connectivity index (χ0) is 15.5. The Hall–Kier alpha value is -1.53. The molecule has 23 heavy (non-hydrogen) atoms. The first-order chi connectivity index (χ1) is 10.7. The molecule has 2 aromatic carbocycles. The van der Waals surface area contributed by atoms with E-state index in [1.165, 1.54) is 0 Å². The van der Waals surface area contributed by atoms with Gasteiger partial charge in [0.2, 0.25) is 5.89 Å². The van der Waals surface area contributed by atoms with Crippen LogP contribution in [0.2, 0.25) is 0 Å². The normalized spacial score (nSPS) is 11.5. The van der Waals surface area contributed by atoms with Gasteiger partial charge >= 0.3 is 35.5 Å². The van der Waals surface area contributed by atoms with Crippen molar-refractivity contribution in [3.8, 4) is 22.6 Å². The van der Waals surface area contributed by atoms with Crippen LogP contribution in [0.1, 0.15) is 12.6 Å². The minimum absolute atomic E-state index is 0. The van der Waals surface area contributed by atoms with E-state index in [1.54, 1.807) is 0 Å². The summed E-state index contributed by atoms with van der Waals surface area (Å²) in [5.74, 6) is -0.473. The van der Waals surface area contributed by atoms with E-state index in [1.807, 2.05) is 60.7 Å². The Kier molecular flexibility index (Phi) is 6.07. The summed E-state index contributed by atoms with van der Waals surface area (Å²) in [6, 6.07) is 19.0. The Morgan fingerprint density at radius 2 is 1.57 bits per heavy atom. The molecular weight excluding hydrogens is 321 g/mol. The van der Waals surface area contributed by atoms with E-state index in [9.17, 15) is 4.79 Å². The number of oxazole rings is 1. The third-order valence-electron chi connectivity index (χ3n) is 3.19. The van der Waals surface area contributed by atoms with E-state index in [4.69, 9.17) is 9.52 Å². The molecule has 1 aromatic heterocycles. The monoisotopic (exact) mass is 335 g/mol. The van der Waals surface area contributed by atoms with Gasteiger partial charge in [-0.05, 0) is 0 Å². The number of hydrogen-bond acceptors (Lipinski definition) is 4. The molecule has 3 aromatic rings. The average molecular weight is 335 g/mol. The van der Waals surface area contributed by atoms with Crippen LogP contribution in [0.4, 0.5) is 0 Å². The second kappa shape index (κ2) is 7.84. The van der Waals surface area contributed by atoms with Gasteiger partial charge in [0.1, 0.15) is 5.69 Å². The molecule has 112 valence electrons. The SMILES string of the molecule is O=C(O)C(S)c1nc(-c2ccccc2)c(-c2ccccc2)o1.[H-].[Na+]. The quantitative estimate of drug-likeness (QED) is 0.555. The second-order valence-corrected chi connectivity index (χ2v) is 5.22. The first kappa shape index (κ1) is 17.8. The number of aromatic nitrogens is 1. The summed E-state index contributed by atoms with van der Waals surface area (Å²) < 4.78 is 5.71. The number of carboxylic acids is 1. The third kappa shape index (κ3) is 3.87. The summed E-state index contributed by atoms with van der Waals surface area (Å²) >= 11 is 4.04. The van der Waals surface area contributed by atoms with Crippen LogP contribution in [0, 0.1) is 0 Å². The Balaban J connectivity index is 0.00000144. The Morgan fingerprint density at radius 1 is 1.04 bits per heavy atom. The summed E-state index contributed by atoms with van der Waals surface area (Å²) in [5.41, 5.74) is 2.32. The number of nitrogens with zero attached hydrogens (tertiary/aromatic N) is 1. The molecule has 0 aliphatic heterocycles. The first-order valence-corrected chi connectivity index (χ1v) is 7.21. The molecule has 1 unspecified atom stereocenters. The van der Waals surface area contributed by atoms with Crippen LogP contribution in [0.25, 0.3) is 22.6 Å². The molecule has 0 spiro atoms. The smallest absolute Gasteiger partial charge is 1.00 e. The van der Waals surface area contributed by atoms with Crippen molar-refractivity contribution in [3.05, 3.63) is 66.6 Å². The van der Waals surface area contributed by atoms with Crippen molar-refractivity contribution in [2.24, 2.45) is 0 Å². The van der Waals surface area contributed by atoms with Crippen LogP contribution < -0.4 is 29.6 Å². The molecule has 3 rings (SSSR count). The van der Waals surface area contributed by atoms with E-state index < -0.39 is 11.2 Å². The standard InChI is InChI=1S/C17H13NO3S.Na.H/c19-17(20)15(22)16-18-13(11-7-3-1-4-8-11)14(21-16)12-9-5-2-6-10-12;;/h1-10,15,22H,(H,19,20);;/q;+1;-1. The Bertz CT molecular complexity index is 739. The van der Waals surface area contributed by atoms with E-state index in [0.29, 0.717) is 11.5 Å². The summed E-state index contributed by atoms with van der Waals surface area (Å²) in [6.45, 7) is 0. The van der Waals surface area contributed by atoms with Crippen LogP contribution in [0.5, 0.6) is 0 Å². The van der Waals surface area contributed by atoms with Crippen LogP contribution in [0.15, 0.2) is 65.1 Å². The number of hydrogen-bond donors (Lipinski definition) is 2. The molecule has 0 bridgehead atoms. The number of carbonyl (C=O) groups is 1. The summed E-state index contributed by atoms with van der Waals surface area (Å²) in [7, 11) is 0. The molecular formula is C17H14NNaO3S. The molecule has 0 radical (unpaired) electrons. The van der Waals surface area contributed by atoms with E-state index in [2.05, 4.69) is 17.6 Å². The number of benzene rings is 2. The predicted molar refractivity (Wildman–Crippen MR) is 87.8 cm³/mol. The zero-order valence-electron chi connectivity index (χ0n) is 13.5. The molecule has 6 heteroatoms. The van der Waals surface area contributed by atoms with Gasteiger partial charge in [0.15, 0.2) is 11.0 Å². The van der Waals surface area contributed by atoms with Crippen molar-refractivity contribution in [2.75, 3.05) is 0 Å². The van der Waals surface area contributed by atoms with Crippen molar-refractivity contribution in [3.63, 3.8) is 0 Å². The molecule has 0 aliphatic rings. The van der Waals surface area contributed by atoms with E-state index in [0.717, 1.165) is 11.1 Å². The van der Waals surface area contributed by atoms with Gasteiger partial charge in [0.25, 0.3) is 0 Å². The summed E-state index contributed by atoms with van der Waals surface area (Å²) in [5, 5.41) is 8.00. The van der Waals surface area contributed by atoms with Gasteiger partial charge in [-0.25, -0.2) is 4.98 Å². The molecule has 0 aliphatic carbocycles. The molecule has 0 fully saturated rings. The van der Waals surface area contributed by atoms with Crippen molar-refractivity contribution in [2.45, 2.75) is 5.25 Å². The van der Waals surface area contributed by atoms with Crippen LogP contribution >= 0.6 is 12.6 Å². The number of thiol groups is 1. The van der Waals surface area contributed by atoms with Crippen LogP contribution in [-0.4, -0.2) is 16.1 Å². The zero-order valence-corrected chi connectivity index (χ0v) is 15.4. The summed E-state index contributed by atoms with van der Waals surface area (Å²) in [4.78, 5) is 15.5. The topological polar surface area (TPSA) is 63.3 Å². The van der Waals surface area contributed by atoms with Crippen molar-refractivity contribution in [1.29, 1.82) is 0 Å². The Morgan fingerprint density at radius 3 is 2.09 bits per heavy atom. The fraction of sp³-hybridized carbons (Fsp3) is 0.0588. The Labute approximate surface area is 162 Å². The van der Waals surface area contributed by atoms with E-state index in [-0.39, 0.29) is 36.9 Å². The van der Waals surface area contributed by atoms with Gasteiger partial charge < -0.3 is 11.0 Å². The molecule has 0 saturated heterocycles. The van der Waals surface area contributed by atoms with Gasteiger partial charge in [-0.2, -0.15) is 12.6 Å². The van der Waals surface area contributed by atoms with Gasteiger partial charge in [0.05, 0.1) is 0 Å². The predicted octanol–water partition coefficient (Wildman–Crippen LogP) is 1.18. The van der Waals surface area contributed by atoms with Gasteiger partial charge in [-0.15, -0.1) is 0 Å². The number of carboxylic acid groups (broad SMARTS) is 1. The van der Waals surface area contributed by atoms with Crippen molar-refractivity contribution < 1.29 is 45.3 Å². The minimum Gasteiger partial charge on any atom is -1.00 e. The summed E-state index contributed by atoms with van der Waals surface area (Å²) in [6.07, 6.45) is 0. The largest absolute Gasteiger partial charge is 1.00 e. The van der Waals surface area contributed by atoms with E-state index >= 15 is 0 Å². The maximum absolute atomic E-state index is 11.1. The van der Waals surface area contributed by atoms with Gasteiger partial charge in [0, 0.05) is 11.1 Å². The van der Waals surface area contributed by atoms with Gasteiger partial charge in [-0.3, -0.25) is 4.79 Å². The fourth-order valence-electron chi connectivity index (χ4n) is 2.14. The first-order valence-electron chi connectivity index (χ1n) is 6.69. The maximum atomic E-state index is 11.1. The fourth-order valence-corrected chi connectivity index (χ4v) is 2.25. The van der Waals surface area contributed by atoms with Crippen molar-refractivity contribution in [1.82, 2.24) is 4.98 Å². The molecule has 1 atom stereocenters. The minimum atomic E-state index is -1.10.